The fourth-order valence-corrected chi connectivity index (χ4v) is 8.17. The van der Waals surface area contributed by atoms with Crippen LogP contribution in [0.2, 0.25) is 0 Å². The summed E-state index contributed by atoms with van der Waals surface area (Å²) in [5.41, 5.74) is -2.91. The number of aromatic nitrogens is 4. The van der Waals surface area contributed by atoms with E-state index in [9.17, 15) is 23.2 Å². The minimum Gasteiger partial charge on any atom is -0.433 e. The summed E-state index contributed by atoms with van der Waals surface area (Å²) in [4.78, 5) is 29.0. The lowest BCUT2D eigenvalue weighted by atomic mass is 9.53. The van der Waals surface area contributed by atoms with E-state index in [1.807, 2.05) is 6.07 Å². The summed E-state index contributed by atoms with van der Waals surface area (Å²) in [6.45, 7) is 1.89. The van der Waals surface area contributed by atoms with Crippen LogP contribution in [0.3, 0.4) is 0 Å². The second kappa shape index (κ2) is 9.88. The molecule has 12 heteroatoms. The van der Waals surface area contributed by atoms with Gasteiger partial charge in [-0.3, -0.25) is 0 Å². The van der Waals surface area contributed by atoms with Crippen molar-refractivity contribution in [3.63, 3.8) is 0 Å². The zero-order valence-electron chi connectivity index (χ0n) is 25.4. The van der Waals surface area contributed by atoms with Gasteiger partial charge >= 0.3 is 12.3 Å². The highest BCUT2D eigenvalue weighted by molar-refractivity contribution is 5.85. The predicted octanol–water partition coefficient (Wildman–Crippen LogP) is 7.43. The standard InChI is InChI=1S/C32H39F3N6O3/c1-27(2,32(33,34)35)43-26(42)41(25-37-18-5-22(38-25)30-12-6-28(19-36,7-13-30)8-14-30)20-29-9-15-31(16-10-29,17-11-29)24-39-23(40-44-24)21-3-4-21/h5,18,21H,3-4,6-17,20H2,1-2H3. The topological polar surface area (TPSA) is 118 Å². The molecule has 9 nitrogen and oxygen atoms in total. The SMILES string of the molecule is CC(C)(OC(=O)N(CC12CCC(c3nc(C4CC4)no3)(CC1)CC2)c1nccc(C23CCC(C#N)(CC2)CC3)n1)C(F)(F)F. The van der Waals surface area contributed by atoms with Gasteiger partial charge in [-0.05, 0) is 115 Å². The largest absolute Gasteiger partial charge is 0.433 e. The van der Waals surface area contributed by atoms with Crippen LogP contribution in [0.4, 0.5) is 23.9 Å². The van der Waals surface area contributed by atoms with Gasteiger partial charge in [0.1, 0.15) is 0 Å². The predicted molar refractivity (Wildman–Crippen MR) is 152 cm³/mol. The van der Waals surface area contributed by atoms with Gasteiger partial charge in [-0.2, -0.15) is 23.4 Å². The van der Waals surface area contributed by atoms with Gasteiger partial charge in [0.2, 0.25) is 17.4 Å². The number of carbonyl (C=O) groups excluding carboxylic acids is 1. The Morgan fingerprint density at radius 3 is 2.18 bits per heavy atom. The van der Waals surface area contributed by atoms with E-state index < -0.39 is 17.9 Å². The molecule has 7 aliphatic rings. The highest BCUT2D eigenvalue weighted by atomic mass is 19.4. The van der Waals surface area contributed by atoms with E-state index in [1.165, 1.54) is 4.90 Å². The molecule has 7 fully saturated rings. The van der Waals surface area contributed by atoms with Gasteiger partial charge in [-0.25, -0.2) is 19.7 Å². The van der Waals surface area contributed by atoms with Crippen molar-refractivity contribution in [3.8, 4) is 6.07 Å². The Kier molecular flexibility index (Phi) is 6.62. The lowest BCUT2D eigenvalue weighted by Crippen LogP contribution is -2.53. The maximum Gasteiger partial charge on any atom is 0.427 e. The lowest BCUT2D eigenvalue weighted by molar-refractivity contribution is -0.243. The summed E-state index contributed by atoms with van der Waals surface area (Å²) in [5, 5.41) is 14.0. The minimum atomic E-state index is -4.75. The Morgan fingerprint density at radius 2 is 1.61 bits per heavy atom. The van der Waals surface area contributed by atoms with Gasteiger partial charge in [0.05, 0.1) is 17.2 Å². The molecule has 0 aliphatic heterocycles. The third-order valence-corrected chi connectivity index (χ3v) is 11.9. The first-order chi connectivity index (χ1) is 20.8. The van der Waals surface area contributed by atoms with Gasteiger partial charge in [0.15, 0.2) is 5.82 Å². The molecular weight excluding hydrogens is 573 g/mol. The molecule has 1 amide bonds. The average Bonchev–Trinajstić information content (AvgIpc) is 3.76. The van der Waals surface area contributed by atoms with Crippen LogP contribution in [0.15, 0.2) is 16.8 Å². The number of hydrogen-bond donors (Lipinski definition) is 0. The number of fused-ring (bicyclic) bond motifs is 6. The van der Waals surface area contributed by atoms with E-state index in [2.05, 4.69) is 16.2 Å². The Balaban J connectivity index is 1.15. The van der Waals surface area contributed by atoms with E-state index >= 15 is 0 Å². The van der Waals surface area contributed by atoms with E-state index in [4.69, 9.17) is 19.2 Å². The molecule has 2 aromatic heterocycles. The molecule has 0 atom stereocenters. The first-order valence-electron chi connectivity index (χ1n) is 16.0. The van der Waals surface area contributed by atoms with Crippen LogP contribution in [0.5, 0.6) is 0 Å². The maximum atomic E-state index is 13.8. The summed E-state index contributed by atoms with van der Waals surface area (Å²) in [6, 6.07) is 4.38. The Hall–Kier alpha value is -3.23. The van der Waals surface area contributed by atoms with Gasteiger partial charge in [0.25, 0.3) is 0 Å². The van der Waals surface area contributed by atoms with Crippen molar-refractivity contribution in [2.24, 2.45) is 10.8 Å². The molecule has 9 rings (SSSR count). The van der Waals surface area contributed by atoms with Crippen LogP contribution in [0.25, 0.3) is 0 Å². The Morgan fingerprint density at radius 1 is 1.00 bits per heavy atom. The number of anilines is 1. The van der Waals surface area contributed by atoms with E-state index in [0.29, 0.717) is 11.8 Å². The normalized spacial score (nSPS) is 33.2. The molecular formula is C32H39F3N6O3. The first-order valence-corrected chi connectivity index (χ1v) is 16.0. The van der Waals surface area contributed by atoms with Crippen molar-refractivity contribution in [1.82, 2.24) is 20.1 Å². The summed E-state index contributed by atoms with van der Waals surface area (Å²) < 4.78 is 52.4. The molecule has 0 spiro atoms. The molecule has 7 aliphatic carbocycles. The van der Waals surface area contributed by atoms with Crippen molar-refractivity contribution in [2.45, 2.75) is 132 Å². The van der Waals surface area contributed by atoms with Crippen LogP contribution >= 0.6 is 0 Å². The number of halogens is 3. The fourth-order valence-electron chi connectivity index (χ4n) is 8.17. The van der Waals surface area contributed by atoms with Crippen molar-refractivity contribution in [1.29, 1.82) is 5.26 Å². The third-order valence-electron chi connectivity index (χ3n) is 11.9. The average molecular weight is 613 g/mol. The fraction of sp³-hybridized carbons (Fsp3) is 0.750. The van der Waals surface area contributed by atoms with Crippen molar-refractivity contribution < 1.29 is 27.2 Å². The van der Waals surface area contributed by atoms with E-state index in [-0.39, 0.29) is 34.2 Å². The molecule has 0 saturated heterocycles. The van der Waals surface area contributed by atoms with Gasteiger partial charge in [-0.1, -0.05) is 5.16 Å². The Bertz CT molecular complexity index is 1440. The zero-order valence-corrected chi connectivity index (χ0v) is 25.4. The maximum absolute atomic E-state index is 13.8. The number of nitriles is 1. The molecule has 4 bridgehead atoms. The zero-order chi connectivity index (χ0) is 31.0. The Labute approximate surface area is 254 Å². The number of ether oxygens (including phenoxy) is 1. The summed E-state index contributed by atoms with van der Waals surface area (Å²) >= 11 is 0. The molecule has 7 saturated carbocycles. The smallest absolute Gasteiger partial charge is 0.427 e. The number of alkyl halides is 3. The molecule has 44 heavy (non-hydrogen) atoms. The molecule has 0 aromatic carbocycles. The molecule has 0 radical (unpaired) electrons. The number of rotatable bonds is 7. The molecule has 2 heterocycles. The van der Waals surface area contributed by atoms with Crippen LogP contribution in [0, 0.1) is 22.2 Å². The lowest BCUT2D eigenvalue weighted by Gasteiger charge is -2.53. The molecule has 236 valence electrons. The molecule has 2 aromatic rings. The number of amides is 1. The molecule has 0 unspecified atom stereocenters. The van der Waals surface area contributed by atoms with Gasteiger partial charge < -0.3 is 9.26 Å². The summed E-state index contributed by atoms with van der Waals surface area (Å²) in [6.07, 6.45) is 7.47. The summed E-state index contributed by atoms with van der Waals surface area (Å²) in [5.74, 6) is 1.97. The van der Waals surface area contributed by atoms with Crippen LogP contribution in [0.1, 0.15) is 127 Å². The second-order valence-electron chi connectivity index (χ2n) is 14.9. The highest BCUT2D eigenvalue weighted by Crippen LogP contribution is 2.59. The van der Waals surface area contributed by atoms with Crippen LogP contribution < -0.4 is 4.90 Å². The van der Waals surface area contributed by atoms with Crippen molar-refractivity contribution >= 4 is 12.0 Å². The van der Waals surface area contributed by atoms with Crippen LogP contribution in [-0.2, 0) is 15.6 Å². The number of carbonyl (C=O) groups is 1. The summed E-state index contributed by atoms with van der Waals surface area (Å²) in [7, 11) is 0. The quantitative estimate of drug-likeness (QED) is 0.317. The van der Waals surface area contributed by atoms with Crippen molar-refractivity contribution in [2.75, 3.05) is 11.4 Å². The number of nitrogens with zero attached hydrogens (tertiary/aromatic N) is 6. The monoisotopic (exact) mass is 612 g/mol. The van der Waals surface area contributed by atoms with E-state index in [1.54, 1.807) is 6.20 Å². The highest BCUT2D eigenvalue weighted by Gasteiger charge is 2.56. The van der Waals surface area contributed by atoms with Gasteiger partial charge in [0, 0.05) is 29.5 Å². The first kappa shape index (κ1) is 29.5. The second-order valence-corrected chi connectivity index (χ2v) is 14.9. The van der Waals surface area contributed by atoms with Crippen LogP contribution in [-0.4, -0.2) is 44.5 Å². The van der Waals surface area contributed by atoms with E-state index in [0.717, 1.165) is 115 Å². The minimum absolute atomic E-state index is 0.0744. The van der Waals surface area contributed by atoms with Crippen molar-refractivity contribution in [3.05, 3.63) is 29.7 Å². The number of hydrogen-bond acceptors (Lipinski definition) is 8. The third kappa shape index (κ3) is 4.85. The molecule has 0 N–H and O–H groups in total. The van der Waals surface area contributed by atoms with Gasteiger partial charge in [-0.15, -0.1) is 0 Å².